The molecule has 2 aromatic heterocycles. The molecule has 0 bridgehead atoms. The molecule has 8 aromatic carbocycles. The fourth-order valence-corrected chi connectivity index (χ4v) is 9.39. The van der Waals surface area contributed by atoms with Gasteiger partial charge in [-0.3, -0.25) is 0 Å². The van der Waals surface area contributed by atoms with E-state index in [-0.39, 0.29) is 5.41 Å². The molecule has 0 radical (unpaired) electrons. The molecule has 1 aliphatic carbocycles. The Morgan fingerprint density at radius 2 is 0.698 bits per heavy atom. The van der Waals surface area contributed by atoms with Crippen LogP contribution in [0.2, 0.25) is 0 Å². The highest BCUT2D eigenvalue weighted by molar-refractivity contribution is 6.12. The molecule has 2 heteroatoms. The van der Waals surface area contributed by atoms with Crippen molar-refractivity contribution >= 4 is 43.6 Å². The van der Waals surface area contributed by atoms with Crippen molar-refractivity contribution in [2.45, 2.75) is 18.3 Å². The highest BCUT2D eigenvalue weighted by Crippen LogP contribution is 2.52. The van der Waals surface area contributed by atoms with Gasteiger partial charge < -0.3 is 9.97 Å². The maximum atomic E-state index is 3.70. The molecule has 2 nitrogen and oxygen atoms in total. The van der Waals surface area contributed by atoms with E-state index in [9.17, 15) is 0 Å². The number of nitrogens with one attached hydrogen (secondary N) is 2. The molecule has 0 unspecified atom stereocenters. The molecule has 53 heavy (non-hydrogen) atoms. The molecule has 2 N–H and O–H groups in total. The van der Waals surface area contributed by atoms with Gasteiger partial charge in [-0.1, -0.05) is 170 Å². The average molecular weight is 677 g/mol. The molecule has 10 aromatic rings. The van der Waals surface area contributed by atoms with Crippen LogP contribution in [0.1, 0.15) is 22.3 Å². The van der Waals surface area contributed by atoms with Gasteiger partial charge in [0.25, 0.3) is 0 Å². The monoisotopic (exact) mass is 676 g/mol. The first-order valence-electron chi connectivity index (χ1n) is 18.6. The van der Waals surface area contributed by atoms with Gasteiger partial charge >= 0.3 is 0 Å². The van der Waals surface area contributed by atoms with Crippen molar-refractivity contribution in [2.24, 2.45) is 0 Å². The highest BCUT2D eigenvalue weighted by Gasteiger charge is 2.43. The SMILES string of the molecule is c1ccc2c(c1)-c1ccccc1C2(Cc1ccc(-c2cccc3c2[nH]c2ccccc23)cc1)Cc1ccc(-c2cccc3c2[nH]c2ccccc23)cc1. The summed E-state index contributed by atoms with van der Waals surface area (Å²) < 4.78 is 0. The fourth-order valence-electron chi connectivity index (χ4n) is 9.39. The van der Waals surface area contributed by atoms with Gasteiger partial charge in [-0.2, -0.15) is 0 Å². The van der Waals surface area contributed by atoms with E-state index in [4.69, 9.17) is 0 Å². The molecule has 2 heterocycles. The minimum atomic E-state index is -0.204. The van der Waals surface area contributed by atoms with Gasteiger partial charge in [0.15, 0.2) is 0 Å². The Morgan fingerprint density at radius 1 is 0.321 bits per heavy atom. The van der Waals surface area contributed by atoms with Gasteiger partial charge in [0.2, 0.25) is 0 Å². The lowest BCUT2D eigenvalue weighted by Gasteiger charge is -2.33. The summed E-state index contributed by atoms with van der Waals surface area (Å²) in [5.41, 5.74) is 17.7. The van der Waals surface area contributed by atoms with E-state index >= 15 is 0 Å². The smallest absolute Gasteiger partial charge is 0.0544 e. The second-order valence-electron chi connectivity index (χ2n) is 14.7. The average Bonchev–Trinajstić information content (AvgIpc) is 3.88. The van der Waals surface area contributed by atoms with Crippen LogP contribution >= 0.6 is 0 Å². The lowest BCUT2D eigenvalue weighted by atomic mass is 9.69. The molecule has 0 saturated heterocycles. The zero-order valence-electron chi connectivity index (χ0n) is 29.2. The summed E-state index contributed by atoms with van der Waals surface area (Å²) in [6.45, 7) is 0. The summed E-state index contributed by atoms with van der Waals surface area (Å²) in [6.07, 6.45) is 1.82. The minimum absolute atomic E-state index is 0.204. The third-order valence-corrected chi connectivity index (χ3v) is 11.8. The van der Waals surface area contributed by atoms with Crippen LogP contribution in [0.4, 0.5) is 0 Å². The zero-order chi connectivity index (χ0) is 34.9. The maximum absolute atomic E-state index is 3.70. The predicted molar refractivity (Wildman–Crippen MR) is 223 cm³/mol. The van der Waals surface area contributed by atoms with Crippen molar-refractivity contribution in [1.29, 1.82) is 0 Å². The standard InChI is InChI=1S/C51H36N2/c1-5-19-45-39(11-1)40-12-2-6-20-46(40)51(45,31-33-23-27-35(28-24-33)37-15-9-17-43-41-13-3-7-21-47(41)52-49(37)43)32-34-25-29-36(30-26-34)38-16-10-18-44-42-14-4-8-22-48(42)53-50(38)44/h1-30,52-53H,31-32H2. The zero-order valence-corrected chi connectivity index (χ0v) is 29.2. The molecule has 11 rings (SSSR count). The van der Waals surface area contributed by atoms with Gasteiger partial charge in [-0.15, -0.1) is 0 Å². The number of rotatable bonds is 6. The molecule has 0 amide bonds. The lowest BCUT2D eigenvalue weighted by molar-refractivity contribution is 0.520. The molecular formula is C51H36N2. The van der Waals surface area contributed by atoms with E-state index in [2.05, 4.69) is 192 Å². The number of para-hydroxylation sites is 4. The van der Waals surface area contributed by atoms with Crippen molar-refractivity contribution in [3.63, 3.8) is 0 Å². The first kappa shape index (κ1) is 30.0. The number of fused-ring (bicyclic) bond motifs is 9. The fraction of sp³-hybridized carbons (Fsp3) is 0.0588. The second-order valence-corrected chi connectivity index (χ2v) is 14.7. The van der Waals surface area contributed by atoms with Crippen LogP contribution < -0.4 is 0 Å². The summed E-state index contributed by atoms with van der Waals surface area (Å²) in [5.74, 6) is 0. The number of aromatic amines is 2. The highest BCUT2D eigenvalue weighted by atomic mass is 14.7. The Bertz CT molecular complexity index is 2790. The largest absolute Gasteiger partial charge is 0.354 e. The number of hydrogen-bond donors (Lipinski definition) is 2. The summed E-state index contributed by atoms with van der Waals surface area (Å²) in [4.78, 5) is 7.40. The molecule has 0 saturated carbocycles. The summed E-state index contributed by atoms with van der Waals surface area (Å²) in [6, 6.07) is 67.3. The van der Waals surface area contributed by atoms with Gasteiger partial charge in [0.1, 0.15) is 0 Å². The lowest BCUT2D eigenvalue weighted by Crippen LogP contribution is -2.31. The molecule has 0 aliphatic heterocycles. The molecule has 0 atom stereocenters. The van der Waals surface area contributed by atoms with Crippen LogP contribution in [0.15, 0.2) is 182 Å². The number of H-pyrrole nitrogens is 2. The van der Waals surface area contributed by atoms with Gasteiger partial charge in [-0.05, 0) is 69.5 Å². The Balaban J connectivity index is 0.985. The van der Waals surface area contributed by atoms with Crippen molar-refractivity contribution in [3.05, 3.63) is 204 Å². The number of benzene rings is 8. The van der Waals surface area contributed by atoms with Gasteiger partial charge in [0, 0.05) is 49.1 Å². The summed E-state index contributed by atoms with van der Waals surface area (Å²) in [5, 5.41) is 5.07. The Hall–Kier alpha value is -6.64. The molecular weight excluding hydrogens is 641 g/mol. The van der Waals surface area contributed by atoms with Crippen LogP contribution in [-0.4, -0.2) is 9.97 Å². The third-order valence-electron chi connectivity index (χ3n) is 11.8. The van der Waals surface area contributed by atoms with Crippen LogP contribution in [-0.2, 0) is 18.3 Å². The molecule has 0 fully saturated rings. The normalized spacial score (nSPS) is 13.2. The van der Waals surface area contributed by atoms with E-state index in [1.165, 1.54) is 99.2 Å². The Morgan fingerprint density at radius 3 is 1.17 bits per heavy atom. The van der Waals surface area contributed by atoms with E-state index in [0.29, 0.717) is 0 Å². The van der Waals surface area contributed by atoms with Crippen molar-refractivity contribution in [2.75, 3.05) is 0 Å². The van der Waals surface area contributed by atoms with Crippen LogP contribution in [0.5, 0.6) is 0 Å². The predicted octanol–water partition coefficient (Wildman–Crippen LogP) is 13.0. The number of aromatic nitrogens is 2. The Kier molecular flexibility index (Phi) is 6.63. The molecule has 1 aliphatic rings. The third kappa shape index (κ3) is 4.65. The number of hydrogen-bond acceptors (Lipinski definition) is 0. The van der Waals surface area contributed by atoms with Crippen molar-refractivity contribution < 1.29 is 0 Å². The first-order valence-corrected chi connectivity index (χ1v) is 18.6. The van der Waals surface area contributed by atoms with E-state index in [1.54, 1.807) is 0 Å². The first-order chi connectivity index (χ1) is 26.2. The summed E-state index contributed by atoms with van der Waals surface area (Å²) in [7, 11) is 0. The molecule has 0 spiro atoms. The van der Waals surface area contributed by atoms with Crippen molar-refractivity contribution in [3.8, 4) is 33.4 Å². The maximum Gasteiger partial charge on any atom is 0.0544 e. The molecule has 250 valence electrons. The summed E-state index contributed by atoms with van der Waals surface area (Å²) >= 11 is 0. The van der Waals surface area contributed by atoms with Crippen LogP contribution in [0, 0.1) is 0 Å². The van der Waals surface area contributed by atoms with E-state index < -0.39 is 0 Å². The van der Waals surface area contributed by atoms with Crippen LogP contribution in [0.3, 0.4) is 0 Å². The second kappa shape index (κ2) is 11.7. The van der Waals surface area contributed by atoms with E-state index in [1.807, 2.05) is 0 Å². The van der Waals surface area contributed by atoms with Crippen LogP contribution in [0.25, 0.3) is 77.0 Å². The van der Waals surface area contributed by atoms with Gasteiger partial charge in [0.05, 0.1) is 11.0 Å². The van der Waals surface area contributed by atoms with Crippen molar-refractivity contribution in [1.82, 2.24) is 9.97 Å². The Labute approximate surface area is 308 Å². The van der Waals surface area contributed by atoms with E-state index in [0.717, 1.165) is 12.8 Å². The van der Waals surface area contributed by atoms with Gasteiger partial charge in [-0.25, -0.2) is 0 Å². The topological polar surface area (TPSA) is 31.6 Å². The quantitative estimate of drug-likeness (QED) is 0.176. The minimum Gasteiger partial charge on any atom is -0.354 e.